The van der Waals surface area contributed by atoms with Crippen molar-refractivity contribution >= 4 is 23.9 Å². The molecule has 0 aliphatic rings. The number of hydrogen-bond acceptors (Lipinski definition) is 3. The first kappa shape index (κ1) is 14.2. The summed E-state index contributed by atoms with van der Waals surface area (Å²) in [6.45, 7) is 0. The van der Waals surface area contributed by atoms with Gasteiger partial charge in [0.1, 0.15) is 6.10 Å². The van der Waals surface area contributed by atoms with Gasteiger partial charge < -0.3 is 10.8 Å². The van der Waals surface area contributed by atoms with Crippen LogP contribution in [-0.2, 0) is 0 Å². The Morgan fingerprint density at radius 2 is 1.56 bits per heavy atom. The number of benzene rings is 2. The molecule has 0 aliphatic carbocycles. The second-order valence-electron chi connectivity index (χ2n) is 3.76. The molecule has 0 saturated carbocycles. The van der Waals surface area contributed by atoms with Gasteiger partial charge in [0, 0.05) is 11.3 Å². The van der Waals surface area contributed by atoms with Crippen LogP contribution in [0.3, 0.4) is 0 Å². The Morgan fingerprint density at radius 1 is 1.00 bits per heavy atom. The average molecular weight is 264 g/mol. The Kier molecular flexibility index (Phi) is 4.89. The molecule has 0 aromatic heterocycles. The fourth-order valence-electron chi connectivity index (χ4n) is 1.66. The molecule has 2 aromatic carbocycles. The third-order valence-corrected chi connectivity index (χ3v) is 2.59. The van der Waals surface area contributed by atoms with Crippen LogP contribution in [0.25, 0.3) is 0 Å². The summed E-state index contributed by atoms with van der Waals surface area (Å²) in [5.41, 5.74) is 7.01. The molecule has 0 spiro atoms. The smallest absolute Gasteiger partial charge is 0.197 e. The van der Waals surface area contributed by atoms with Crippen molar-refractivity contribution in [3.05, 3.63) is 65.7 Å². The van der Waals surface area contributed by atoms with Crippen molar-refractivity contribution in [1.29, 1.82) is 0 Å². The van der Waals surface area contributed by atoms with Crippen molar-refractivity contribution in [3.63, 3.8) is 0 Å². The SMILES string of the molecule is Cl.Nc1ccccc1C(=O)C(O)c1ccccc1. The number of anilines is 1. The number of carbonyl (C=O) groups excluding carboxylic acids is 1. The van der Waals surface area contributed by atoms with E-state index in [9.17, 15) is 9.90 Å². The Balaban J connectivity index is 0.00000162. The lowest BCUT2D eigenvalue weighted by atomic mass is 9.99. The lowest BCUT2D eigenvalue weighted by molar-refractivity contribution is 0.0748. The molecule has 0 bridgehead atoms. The minimum Gasteiger partial charge on any atom is -0.398 e. The van der Waals surface area contributed by atoms with Gasteiger partial charge in [-0.25, -0.2) is 0 Å². The molecule has 0 aliphatic heterocycles. The molecule has 0 radical (unpaired) electrons. The summed E-state index contributed by atoms with van der Waals surface area (Å²) >= 11 is 0. The molecule has 94 valence electrons. The summed E-state index contributed by atoms with van der Waals surface area (Å²) in [7, 11) is 0. The third-order valence-electron chi connectivity index (χ3n) is 2.59. The number of Topliss-reactive ketones (excluding diaryl/α,β-unsaturated/α-hetero) is 1. The lowest BCUT2D eigenvalue weighted by Crippen LogP contribution is -2.13. The standard InChI is InChI=1S/C14H13NO2.ClH/c15-12-9-5-4-8-11(12)14(17)13(16)10-6-2-1-3-7-10;/h1-9,13,16H,15H2;1H. The summed E-state index contributed by atoms with van der Waals surface area (Å²) in [6, 6.07) is 15.5. The van der Waals surface area contributed by atoms with Gasteiger partial charge in [-0.1, -0.05) is 42.5 Å². The van der Waals surface area contributed by atoms with E-state index in [1.165, 1.54) is 0 Å². The molecule has 2 aromatic rings. The van der Waals surface area contributed by atoms with Gasteiger partial charge in [0.2, 0.25) is 0 Å². The van der Waals surface area contributed by atoms with Crippen LogP contribution in [0.15, 0.2) is 54.6 Å². The Hall–Kier alpha value is -1.84. The van der Waals surface area contributed by atoms with Crippen molar-refractivity contribution in [2.45, 2.75) is 6.10 Å². The number of carbonyl (C=O) groups is 1. The number of aliphatic hydroxyl groups is 1. The summed E-state index contributed by atoms with van der Waals surface area (Å²) < 4.78 is 0. The summed E-state index contributed by atoms with van der Waals surface area (Å²) in [4.78, 5) is 12.0. The fourth-order valence-corrected chi connectivity index (χ4v) is 1.66. The van der Waals surface area contributed by atoms with Gasteiger partial charge in [0.05, 0.1) is 0 Å². The predicted molar refractivity (Wildman–Crippen MR) is 73.8 cm³/mol. The van der Waals surface area contributed by atoms with Crippen LogP contribution in [0, 0.1) is 0 Å². The van der Waals surface area contributed by atoms with Crippen molar-refractivity contribution in [3.8, 4) is 0 Å². The topological polar surface area (TPSA) is 63.3 Å². The van der Waals surface area contributed by atoms with Gasteiger partial charge >= 0.3 is 0 Å². The normalized spacial score (nSPS) is 11.4. The quantitative estimate of drug-likeness (QED) is 0.661. The third kappa shape index (κ3) is 2.88. The van der Waals surface area contributed by atoms with Crippen LogP contribution < -0.4 is 5.73 Å². The van der Waals surface area contributed by atoms with E-state index in [2.05, 4.69) is 0 Å². The molecule has 1 atom stereocenters. The highest BCUT2D eigenvalue weighted by molar-refractivity contribution is 6.03. The first-order valence-electron chi connectivity index (χ1n) is 5.32. The maximum Gasteiger partial charge on any atom is 0.197 e. The van der Waals surface area contributed by atoms with Gasteiger partial charge in [-0.05, 0) is 17.7 Å². The predicted octanol–water partition coefficient (Wildman–Crippen LogP) is 2.61. The molecular weight excluding hydrogens is 250 g/mol. The second-order valence-corrected chi connectivity index (χ2v) is 3.76. The fraction of sp³-hybridized carbons (Fsp3) is 0.0714. The number of rotatable bonds is 3. The molecule has 0 heterocycles. The number of halogens is 1. The van der Waals surface area contributed by atoms with Gasteiger partial charge in [-0.2, -0.15) is 0 Å². The van der Waals surface area contributed by atoms with Crippen LogP contribution in [-0.4, -0.2) is 10.9 Å². The second kappa shape index (κ2) is 6.19. The zero-order chi connectivity index (χ0) is 12.3. The summed E-state index contributed by atoms with van der Waals surface area (Å²) in [5.74, 6) is -0.380. The van der Waals surface area contributed by atoms with E-state index < -0.39 is 6.10 Å². The monoisotopic (exact) mass is 263 g/mol. The van der Waals surface area contributed by atoms with Crippen molar-refractivity contribution in [2.75, 3.05) is 5.73 Å². The Morgan fingerprint density at radius 3 is 2.17 bits per heavy atom. The van der Waals surface area contributed by atoms with E-state index in [1.54, 1.807) is 48.5 Å². The van der Waals surface area contributed by atoms with Crippen LogP contribution in [0.4, 0.5) is 5.69 Å². The minimum atomic E-state index is -1.17. The highest BCUT2D eigenvalue weighted by Gasteiger charge is 2.20. The minimum absolute atomic E-state index is 0. The molecule has 0 saturated heterocycles. The first-order valence-corrected chi connectivity index (χ1v) is 5.32. The number of para-hydroxylation sites is 1. The van der Waals surface area contributed by atoms with Crippen LogP contribution >= 0.6 is 12.4 Å². The molecule has 18 heavy (non-hydrogen) atoms. The number of nitrogen functional groups attached to an aromatic ring is 1. The number of hydrogen-bond donors (Lipinski definition) is 2. The molecule has 2 rings (SSSR count). The van der Waals surface area contributed by atoms with Crippen molar-refractivity contribution < 1.29 is 9.90 Å². The molecule has 1 unspecified atom stereocenters. The van der Waals surface area contributed by atoms with Gasteiger partial charge in [-0.3, -0.25) is 4.79 Å². The maximum atomic E-state index is 12.0. The zero-order valence-corrected chi connectivity index (χ0v) is 10.4. The van der Waals surface area contributed by atoms with E-state index in [0.717, 1.165) is 0 Å². The number of ketones is 1. The zero-order valence-electron chi connectivity index (χ0n) is 9.61. The Labute approximate surface area is 112 Å². The molecular formula is C14H14ClNO2. The van der Waals surface area contributed by atoms with E-state index in [4.69, 9.17) is 5.73 Å². The first-order chi connectivity index (χ1) is 8.20. The molecule has 0 amide bonds. The largest absolute Gasteiger partial charge is 0.398 e. The van der Waals surface area contributed by atoms with E-state index in [1.807, 2.05) is 6.07 Å². The van der Waals surface area contributed by atoms with Gasteiger partial charge in [0.25, 0.3) is 0 Å². The number of nitrogens with two attached hydrogens (primary N) is 1. The van der Waals surface area contributed by atoms with Gasteiger partial charge in [-0.15, -0.1) is 12.4 Å². The summed E-state index contributed by atoms with van der Waals surface area (Å²) in [5, 5.41) is 9.96. The van der Waals surface area contributed by atoms with E-state index in [0.29, 0.717) is 16.8 Å². The molecule has 3 nitrogen and oxygen atoms in total. The van der Waals surface area contributed by atoms with Crippen LogP contribution in [0.2, 0.25) is 0 Å². The van der Waals surface area contributed by atoms with Crippen molar-refractivity contribution in [1.82, 2.24) is 0 Å². The van der Waals surface area contributed by atoms with E-state index in [-0.39, 0.29) is 18.2 Å². The maximum absolute atomic E-state index is 12.0. The average Bonchev–Trinajstić information content (AvgIpc) is 2.39. The van der Waals surface area contributed by atoms with Crippen LogP contribution in [0.5, 0.6) is 0 Å². The highest BCUT2D eigenvalue weighted by atomic mass is 35.5. The lowest BCUT2D eigenvalue weighted by Gasteiger charge is -2.11. The van der Waals surface area contributed by atoms with Gasteiger partial charge in [0.15, 0.2) is 5.78 Å². The Bertz CT molecular complexity index is 528. The molecule has 3 N–H and O–H groups in total. The van der Waals surface area contributed by atoms with E-state index >= 15 is 0 Å². The highest BCUT2D eigenvalue weighted by Crippen LogP contribution is 2.21. The molecule has 0 fully saturated rings. The van der Waals surface area contributed by atoms with Crippen molar-refractivity contribution in [2.24, 2.45) is 0 Å². The summed E-state index contributed by atoms with van der Waals surface area (Å²) in [6.07, 6.45) is -1.17. The van der Waals surface area contributed by atoms with Crippen LogP contribution in [0.1, 0.15) is 22.0 Å². The number of aliphatic hydroxyl groups excluding tert-OH is 1. The molecule has 4 heteroatoms.